The van der Waals surface area contributed by atoms with Gasteiger partial charge in [-0.3, -0.25) is 4.57 Å². The first-order valence-corrected chi connectivity index (χ1v) is 8.01. The molecule has 0 aromatic heterocycles. The summed E-state index contributed by atoms with van der Waals surface area (Å²) < 4.78 is 16.9. The Morgan fingerprint density at radius 1 is 1.37 bits per heavy atom. The minimum atomic E-state index is -3.75. The van der Waals surface area contributed by atoms with Gasteiger partial charge in [0.1, 0.15) is 0 Å². The first-order chi connectivity index (χ1) is 8.68. The molecule has 0 aliphatic rings. The SMILES string of the molecule is C[C@H](c1cccc(C(C)(C)C)c1)P(=O)(O)OCCO. The number of aliphatic hydroxyl groups is 1. The van der Waals surface area contributed by atoms with E-state index < -0.39 is 13.3 Å². The largest absolute Gasteiger partial charge is 0.394 e. The third-order valence-electron chi connectivity index (χ3n) is 3.09. The Hall–Kier alpha value is -0.670. The van der Waals surface area contributed by atoms with E-state index in [4.69, 9.17) is 9.63 Å². The molecule has 0 saturated carbocycles. The lowest BCUT2D eigenvalue weighted by Gasteiger charge is -2.23. The van der Waals surface area contributed by atoms with E-state index in [9.17, 15) is 9.46 Å². The van der Waals surface area contributed by atoms with Gasteiger partial charge in [0.05, 0.1) is 18.9 Å². The van der Waals surface area contributed by atoms with Crippen LogP contribution in [0.4, 0.5) is 0 Å². The summed E-state index contributed by atoms with van der Waals surface area (Å²) in [5, 5.41) is 8.68. The second kappa shape index (κ2) is 6.19. The Balaban J connectivity index is 3.00. The minimum Gasteiger partial charge on any atom is -0.394 e. The Morgan fingerprint density at radius 3 is 2.53 bits per heavy atom. The molecule has 0 amide bonds. The summed E-state index contributed by atoms with van der Waals surface area (Å²) >= 11 is 0. The molecule has 0 aliphatic carbocycles. The van der Waals surface area contributed by atoms with Crippen molar-refractivity contribution in [3.63, 3.8) is 0 Å². The summed E-state index contributed by atoms with van der Waals surface area (Å²) in [6.45, 7) is 7.56. The second-order valence-corrected chi connectivity index (χ2v) is 7.83. The van der Waals surface area contributed by atoms with E-state index in [0.29, 0.717) is 0 Å². The monoisotopic (exact) mass is 286 g/mol. The Labute approximate surface area is 115 Å². The van der Waals surface area contributed by atoms with Crippen LogP contribution in [0.1, 0.15) is 44.5 Å². The van der Waals surface area contributed by atoms with Crippen molar-refractivity contribution in [2.24, 2.45) is 0 Å². The number of hydrogen-bond acceptors (Lipinski definition) is 3. The molecule has 1 aromatic carbocycles. The fourth-order valence-corrected chi connectivity index (χ4v) is 2.84. The van der Waals surface area contributed by atoms with Crippen LogP contribution < -0.4 is 0 Å². The zero-order valence-electron chi connectivity index (χ0n) is 12.0. The molecule has 1 aromatic rings. The van der Waals surface area contributed by atoms with E-state index in [1.807, 2.05) is 24.3 Å². The van der Waals surface area contributed by atoms with Crippen LogP contribution in [0.25, 0.3) is 0 Å². The van der Waals surface area contributed by atoms with Crippen LogP contribution in [0.5, 0.6) is 0 Å². The zero-order chi connectivity index (χ0) is 14.7. The predicted octanol–water partition coefficient (Wildman–Crippen LogP) is 3.24. The average Bonchev–Trinajstić information content (AvgIpc) is 2.34. The molecule has 0 radical (unpaired) electrons. The van der Waals surface area contributed by atoms with Gasteiger partial charge in [0.25, 0.3) is 0 Å². The van der Waals surface area contributed by atoms with Crippen molar-refractivity contribution in [2.45, 2.75) is 38.8 Å². The standard InChI is InChI=1S/C14H23O4P/c1-11(19(16,17)18-9-8-15)12-6-5-7-13(10-12)14(2,3)4/h5-7,10-11,15H,8-9H2,1-4H3,(H,16,17)/t11-/m1/s1. The summed E-state index contributed by atoms with van der Waals surface area (Å²) in [6, 6.07) is 7.66. The van der Waals surface area contributed by atoms with Crippen molar-refractivity contribution < 1.29 is 19.1 Å². The van der Waals surface area contributed by atoms with Gasteiger partial charge in [-0.1, -0.05) is 45.0 Å². The Morgan fingerprint density at radius 2 is 2.00 bits per heavy atom. The smallest absolute Gasteiger partial charge is 0.335 e. The van der Waals surface area contributed by atoms with Gasteiger partial charge in [-0.25, -0.2) is 0 Å². The normalized spacial score (nSPS) is 16.9. The lowest BCUT2D eigenvalue weighted by atomic mass is 9.86. The van der Waals surface area contributed by atoms with Crippen molar-refractivity contribution in [1.82, 2.24) is 0 Å². The molecule has 1 rings (SSSR count). The fraction of sp³-hybridized carbons (Fsp3) is 0.571. The lowest BCUT2D eigenvalue weighted by molar-refractivity contribution is 0.180. The van der Waals surface area contributed by atoms with Gasteiger partial charge in [0, 0.05) is 0 Å². The molecule has 4 nitrogen and oxygen atoms in total. The zero-order valence-corrected chi connectivity index (χ0v) is 12.9. The van der Waals surface area contributed by atoms with Gasteiger partial charge >= 0.3 is 7.60 Å². The van der Waals surface area contributed by atoms with Crippen molar-refractivity contribution in [3.8, 4) is 0 Å². The maximum Gasteiger partial charge on any atom is 0.335 e. The van der Waals surface area contributed by atoms with Gasteiger partial charge in [-0.15, -0.1) is 0 Å². The number of rotatable bonds is 5. The van der Waals surface area contributed by atoms with Crippen LogP contribution >= 0.6 is 7.60 Å². The molecule has 0 aliphatic heterocycles. The number of benzene rings is 1. The summed E-state index contributed by atoms with van der Waals surface area (Å²) in [5.74, 6) is 0. The highest BCUT2D eigenvalue weighted by molar-refractivity contribution is 7.53. The highest BCUT2D eigenvalue weighted by Crippen LogP contribution is 2.56. The molecule has 0 saturated heterocycles. The second-order valence-electron chi connectivity index (χ2n) is 5.67. The molecular weight excluding hydrogens is 263 g/mol. The molecular formula is C14H23O4P. The molecule has 2 N–H and O–H groups in total. The fourth-order valence-electron chi connectivity index (χ4n) is 1.74. The number of hydrogen-bond donors (Lipinski definition) is 2. The molecule has 2 atom stereocenters. The van der Waals surface area contributed by atoms with Gasteiger partial charge in [0.2, 0.25) is 0 Å². The van der Waals surface area contributed by atoms with Crippen LogP contribution in [0.3, 0.4) is 0 Å². The van der Waals surface area contributed by atoms with E-state index >= 15 is 0 Å². The quantitative estimate of drug-likeness (QED) is 0.815. The van der Waals surface area contributed by atoms with Crippen molar-refractivity contribution in [1.29, 1.82) is 0 Å². The number of aliphatic hydroxyl groups excluding tert-OH is 1. The third kappa shape index (κ3) is 4.43. The lowest BCUT2D eigenvalue weighted by Crippen LogP contribution is -2.12. The van der Waals surface area contributed by atoms with Gasteiger partial charge in [-0.2, -0.15) is 0 Å². The van der Waals surface area contributed by atoms with E-state index in [-0.39, 0.29) is 18.6 Å². The topological polar surface area (TPSA) is 66.8 Å². The maximum absolute atomic E-state index is 12.1. The summed E-state index contributed by atoms with van der Waals surface area (Å²) in [5.41, 5.74) is 1.26. The Bertz CT molecular complexity index is 465. The molecule has 0 bridgehead atoms. The van der Waals surface area contributed by atoms with Crippen LogP contribution in [-0.2, 0) is 14.5 Å². The van der Waals surface area contributed by atoms with Crippen LogP contribution in [0.2, 0.25) is 0 Å². The molecule has 0 heterocycles. The van der Waals surface area contributed by atoms with Crippen LogP contribution in [-0.4, -0.2) is 23.2 Å². The highest BCUT2D eigenvalue weighted by atomic mass is 31.2. The van der Waals surface area contributed by atoms with Gasteiger partial charge < -0.3 is 14.5 Å². The molecule has 0 spiro atoms. The minimum absolute atomic E-state index is 0.0128. The first-order valence-electron chi connectivity index (χ1n) is 6.37. The highest BCUT2D eigenvalue weighted by Gasteiger charge is 2.30. The van der Waals surface area contributed by atoms with E-state index in [2.05, 4.69) is 20.8 Å². The van der Waals surface area contributed by atoms with Crippen molar-refractivity contribution in [3.05, 3.63) is 35.4 Å². The van der Waals surface area contributed by atoms with E-state index in [0.717, 1.165) is 11.1 Å². The van der Waals surface area contributed by atoms with E-state index in [1.165, 1.54) is 0 Å². The third-order valence-corrected chi connectivity index (χ3v) is 4.92. The van der Waals surface area contributed by atoms with Gasteiger partial charge in [-0.05, 0) is 23.5 Å². The molecule has 0 fully saturated rings. The van der Waals surface area contributed by atoms with Crippen molar-refractivity contribution in [2.75, 3.05) is 13.2 Å². The molecule has 5 heteroatoms. The summed E-state index contributed by atoms with van der Waals surface area (Å²) in [6.07, 6.45) is 0. The maximum atomic E-state index is 12.1. The first kappa shape index (κ1) is 16.4. The van der Waals surface area contributed by atoms with Crippen LogP contribution in [0.15, 0.2) is 24.3 Å². The molecule has 108 valence electrons. The molecule has 1 unspecified atom stereocenters. The average molecular weight is 286 g/mol. The summed E-state index contributed by atoms with van der Waals surface area (Å²) in [4.78, 5) is 9.88. The molecule has 19 heavy (non-hydrogen) atoms. The Kier molecular flexibility index (Phi) is 5.34. The van der Waals surface area contributed by atoms with Crippen LogP contribution in [0, 0.1) is 0 Å². The van der Waals surface area contributed by atoms with Crippen molar-refractivity contribution >= 4 is 7.60 Å². The summed E-state index contributed by atoms with van der Waals surface area (Å²) in [7, 11) is -3.75. The van der Waals surface area contributed by atoms with Gasteiger partial charge in [0.15, 0.2) is 0 Å². The van der Waals surface area contributed by atoms with E-state index in [1.54, 1.807) is 6.92 Å². The predicted molar refractivity (Wildman–Crippen MR) is 76.4 cm³/mol.